The molecular formula is C13H14FN. The Morgan fingerprint density at radius 1 is 1.20 bits per heavy atom. The Morgan fingerprint density at radius 3 is 2.80 bits per heavy atom. The number of rotatable bonds is 0. The second kappa shape index (κ2) is 3.17. The van der Waals surface area contributed by atoms with Gasteiger partial charge in [-0.1, -0.05) is 18.2 Å². The summed E-state index contributed by atoms with van der Waals surface area (Å²) in [4.78, 5) is 0. The summed E-state index contributed by atoms with van der Waals surface area (Å²) in [5.74, 6) is -0.115. The fourth-order valence-corrected chi connectivity index (χ4v) is 2.75. The van der Waals surface area contributed by atoms with Crippen LogP contribution in [-0.2, 0) is 5.41 Å². The summed E-state index contributed by atoms with van der Waals surface area (Å²) in [5, 5.41) is 3.35. The third-order valence-corrected chi connectivity index (χ3v) is 3.63. The van der Waals surface area contributed by atoms with Gasteiger partial charge >= 0.3 is 0 Å². The molecule has 0 atom stereocenters. The van der Waals surface area contributed by atoms with Gasteiger partial charge in [0, 0.05) is 5.41 Å². The van der Waals surface area contributed by atoms with E-state index in [0.717, 1.165) is 25.9 Å². The van der Waals surface area contributed by atoms with Crippen LogP contribution in [0.3, 0.4) is 0 Å². The van der Waals surface area contributed by atoms with Crippen molar-refractivity contribution in [3.8, 4) is 0 Å². The molecule has 0 unspecified atom stereocenters. The molecule has 3 rings (SSSR count). The van der Waals surface area contributed by atoms with Crippen molar-refractivity contribution in [2.45, 2.75) is 18.3 Å². The molecule has 1 aromatic carbocycles. The summed E-state index contributed by atoms with van der Waals surface area (Å²) in [5.41, 5.74) is 2.49. The van der Waals surface area contributed by atoms with Crippen molar-refractivity contribution in [3.05, 3.63) is 41.2 Å². The number of nitrogens with one attached hydrogen (secondary N) is 1. The number of hydrogen-bond acceptors (Lipinski definition) is 1. The molecule has 1 heterocycles. The Kier molecular flexibility index (Phi) is 1.93. The molecule has 1 saturated heterocycles. The van der Waals surface area contributed by atoms with Crippen molar-refractivity contribution in [2.75, 3.05) is 13.1 Å². The lowest BCUT2D eigenvalue weighted by atomic mass is 9.75. The van der Waals surface area contributed by atoms with Crippen LogP contribution in [0.2, 0.25) is 0 Å². The SMILES string of the molecule is Fc1ccc2c(c1)C1(C=C2)CCNCC1. The normalized spacial score (nSPS) is 21.9. The van der Waals surface area contributed by atoms with Crippen molar-refractivity contribution in [1.82, 2.24) is 5.32 Å². The minimum Gasteiger partial charge on any atom is -0.317 e. The Morgan fingerprint density at radius 2 is 2.00 bits per heavy atom. The number of piperidine rings is 1. The molecule has 0 aromatic heterocycles. The maximum atomic E-state index is 13.3. The molecule has 2 heteroatoms. The summed E-state index contributed by atoms with van der Waals surface area (Å²) in [7, 11) is 0. The average Bonchev–Trinajstić information content (AvgIpc) is 2.59. The van der Waals surface area contributed by atoms with Crippen LogP contribution in [0.4, 0.5) is 4.39 Å². The molecule has 1 spiro atoms. The van der Waals surface area contributed by atoms with Gasteiger partial charge < -0.3 is 5.32 Å². The second-order valence-corrected chi connectivity index (χ2v) is 4.47. The number of hydrogen-bond donors (Lipinski definition) is 1. The standard InChI is InChI=1S/C13H14FN/c14-11-2-1-10-3-4-13(12(10)9-11)5-7-15-8-6-13/h1-4,9,15H,5-8H2. The fraction of sp³-hybridized carbons (Fsp3) is 0.385. The van der Waals surface area contributed by atoms with Crippen LogP contribution >= 0.6 is 0 Å². The van der Waals surface area contributed by atoms with Crippen molar-refractivity contribution in [3.63, 3.8) is 0 Å². The summed E-state index contributed by atoms with van der Waals surface area (Å²) in [6, 6.07) is 5.14. The lowest BCUT2D eigenvalue weighted by Gasteiger charge is -2.33. The van der Waals surface area contributed by atoms with Gasteiger partial charge in [0.25, 0.3) is 0 Å². The van der Waals surface area contributed by atoms with E-state index < -0.39 is 0 Å². The van der Waals surface area contributed by atoms with Crippen LogP contribution in [0.15, 0.2) is 24.3 Å². The van der Waals surface area contributed by atoms with Gasteiger partial charge in [-0.2, -0.15) is 0 Å². The van der Waals surface area contributed by atoms with Crippen LogP contribution in [0.5, 0.6) is 0 Å². The Hall–Kier alpha value is -1.15. The van der Waals surface area contributed by atoms with Gasteiger partial charge in [0.1, 0.15) is 5.82 Å². The van der Waals surface area contributed by atoms with E-state index in [0.29, 0.717) is 0 Å². The first-order valence-corrected chi connectivity index (χ1v) is 5.50. The quantitative estimate of drug-likeness (QED) is 0.683. The van der Waals surface area contributed by atoms with E-state index >= 15 is 0 Å². The molecule has 1 N–H and O–H groups in total. The van der Waals surface area contributed by atoms with Crippen molar-refractivity contribution >= 4 is 6.08 Å². The molecular weight excluding hydrogens is 189 g/mol. The lowest BCUT2D eigenvalue weighted by Crippen LogP contribution is -2.37. The van der Waals surface area contributed by atoms with Crippen LogP contribution in [0.1, 0.15) is 24.0 Å². The van der Waals surface area contributed by atoms with E-state index in [9.17, 15) is 4.39 Å². The van der Waals surface area contributed by atoms with Gasteiger partial charge in [0.15, 0.2) is 0 Å². The predicted molar refractivity (Wildman–Crippen MR) is 59.2 cm³/mol. The maximum Gasteiger partial charge on any atom is 0.123 e. The van der Waals surface area contributed by atoms with Crippen molar-refractivity contribution in [2.24, 2.45) is 0 Å². The molecule has 78 valence electrons. The molecule has 1 aromatic rings. The van der Waals surface area contributed by atoms with Gasteiger partial charge in [0.05, 0.1) is 0 Å². The Balaban J connectivity index is 2.09. The molecule has 0 bridgehead atoms. The molecule has 15 heavy (non-hydrogen) atoms. The first kappa shape index (κ1) is 9.10. The third kappa shape index (κ3) is 1.32. The van der Waals surface area contributed by atoms with Crippen LogP contribution in [-0.4, -0.2) is 13.1 Å². The number of halogens is 1. The lowest BCUT2D eigenvalue weighted by molar-refractivity contribution is 0.377. The van der Waals surface area contributed by atoms with Crippen LogP contribution in [0.25, 0.3) is 6.08 Å². The number of benzene rings is 1. The van der Waals surface area contributed by atoms with Crippen molar-refractivity contribution < 1.29 is 4.39 Å². The van der Waals surface area contributed by atoms with Crippen LogP contribution in [0, 0.1) is 5.82 Å². The molecule has 1 aliphatic heterocycles. The average molecular weight is 203 g/mol. The molecule has 0 amide bonds. The third-order valence-electron chi connectivity index (χ3n) is 3.63. The summed E-state index contributed by atoms with van der Waals surface area (Å²) in [6.45, 7) is 2.06. The monoisotopic (exact) mass is 203 g/mol. The first-order chi connectivity index (χ1) is 7.30. The second-order valence-electron chi connectivity index (χ2n) is 4.47. The molecule has 1 nitrogen and oxygen atoms in total. The fourth-order valence-electron chi connectivity index (χ4n) is 2.75. The smallest absolute Gasteiger partial charge is 0.123 e. The van der Waals surface area contributed by atoms with Gasteiger partial charge in [-0.3, -0.25) is 0 Å². The minimum atomic E-state index is -0.115. The highest BCUT2D eigenvalue weighted by Gasteiger charge is 2.35. The summed E-state index contributed by atoms with van der Waals surface area (Å²) in [6.07, 6.45) is 6.57. The molecule has 0 saturated carbocycles. The predicted octanol–water partition coefficient (Wildman–Crippen LogP) is 2.47. The number of allylic oxidation sites excluding steroid dienone is 1. The van der Waals surface area contributed by atoms with E-state index in [2.05, 4.69) is 17.5 Å². The van der Waals surface area contributed by atoms with E-state index in [1.54, 1.807) is 12.1 Å². The minimum absolute atomic E-state index is 0.114. The van der Waals surface area contributed by atoms with Gasteiger partial charge in [0.2, 0.25) is 0 Å². The summed E-state index contributed by atoms with van der Waals surface area (Å²) >= 11 is 0. The van der Waals surface area contributed by atoms with Gasteiger partial charge in [-0.05, 0) is 49.2 Å². The first-order valence-electron chi connectivity index (χ1n) is 5.50. The Bertz CT molecular complexity index is 417. The molecule has 0 radical (unpaired) electrons. The number of fused-ring (bicyclic) bond motifs is 2. The largest absolute Gasteiger partial charge is 0.317 e. The van der Waals surface area contributed by atoms with E-state index in [1.165, 1.54) is 11.1 Å². The highest BCUT2D eigenvalue weighted by atomic mass is 19.1. The Labute approximate surface area is 89.0 Å². The molecule has 1 aliphatic carbocycles. The van der Waals surface area contributed by atoms with Gasteiger partial charge in [-0.25, -0.2) is 4.39 Å². The zero-order chi connectivity index (χ0) is 10.3. The van der Waals surface area contributed by atoms with Crippen molar-refractivity contribution in [1.29, 1.82) is 0 Å². The van der Waals surface area contributed by atoms with E-state index in [4.69, 9.17) is 0 Å². The molecule has 2 aliphatic rings. The highest BCUT2D eigenvalue weighted by molar-refractivity contribution is 5.65. The molecule has 1 fully saturated rings. The topological polar surface area (TPSA) is 12.0 Å². The zero-order valence-corrected chi connectivity index (χ0v) is 8.59. The van der Waals surface area contributed by atoms with Crippen LogP contribution < -0.4 is 5.32 Å². The zero-order valence-electron chi connectivity index (χ0n) is 8.59. The highest BCUT2D eigenvalue weighted by Crippen LogP contribution is 2.42. The summed E-state index contributed by atoms with van der Waals surface area (Å²) < 4.78 is 13.3. The maximum absolute atomic E-state index is 13.3. The van der Waals surface area contributed by atoms with Gasteiger partial charge in [-0.15, -0.1) is 0 Å². The van der Waals surface area contributed by atoms with E-state index in [-0.39, 0.29) is 11.2 Å². The van der Waals surface area contributed by atoms with E-state index in [1.807, 2.05) is 6.07 Å².